The Bertz CT molecular complexity index is 922. The Morgan fingerprint density at radius 3 is 2.70 bits per heavy atom. The Balaban J connectivity index is 1.79. The van der Waals surface area contributed by atoms with Gasteiger partial charge in [0.2, 0.25) is 0 Å². The van der Waals surface area contributed by atoms with E-state index in [-0.39, 0.29) is 6.04 Å². The van der Waals surface area contributed by atoms with Crippen molar-refractivity contribution in [3.05, 3.63) is 54.4 Å². The van der Waals surface area contributed by atoms with Crippen LogP contribution in [0.5, 0.6) is 11.5 Å². The molecule has 1 amide bonds. The second-order valence-corrected chi connectivity index (χ2v) is 6.00. The number of rotatable bonds is 7. The van der Waals surface area contributed by atoms with Gasteiger partial charge in [0.1, 0.15) is 23.9 Å². The lowest BCUT2D eigenvalue weighted by Gasteiger charge is -2.16. The number of alkyl carbamates (subject to hydrolysis) is 1. The second-order valence-electron chi connectivity index (χ2n) is 6.00. The van der Waals surface area contributed by atoms with Crippen molar-refractivity contribution in [2.75, 3.05) is 20.8 Å². The van der Waals surface area contributed by atoms with E-state index >= 15 is 0 Å². The van der Waals surface area contributed by atoms with Crippen LogP contribution in [-0.4, -0.2) is 36.5 Å². The number of ether oxygens (including phenoxy) is 3. The smallest absolute Gasteiger partial charge is 0.407 e. The molecule has 2 aromatic carbocycles. The van der Waals surface area contributed by atoms with Gasteiger partial charge < -0.3 is 24.1 Å². The number of carbonyl (C=O) groups excluding carboxylic acids is 1. The quantitative estimate of drug-likeness (QED) is 0.689. The van der Waals surface area contributed by atoms with Crippen LogP contribution in [0.25, 0.3) is 11.0 Å². The van der Waals surface area contributed by atoms with Crippen molar-refractivity contribution >= 4 is 17.1 Å². The van der Waals surface area contributed by atoms with Gasteiger partial charge in [-0.25, -0.2) is 9.78 Å². The molecule has 0 aliphatic rings. The zero-order valence-corrected chi connectivity index (χ0v) is 15.6. The minimum absolute atomic E-state index is 0.304. The molecule has 0 saturated carbocycles. The van der Waals surface area contributed by atoms with Gasteiger partial charge >= 0.3 is 6.09 Å². The summed E-state index contributed by atoms with van der Waals surface area (Å²) < 4.78 is 17.8. The molecule has 3 aromatic rings. The number of imidazole rings is 1. The lowest BCUT2D eigenvalue weighted by Crippen LogP contribution is -2.28. The molecule has 0 bridgehead atoms. The molecule has 0 aliphatic carbocycles. The molecular formula is C20H23N3O4. The van der Waals surface area contributed by atoms with E-state index < -0.39 is 6.09 Å². The predicted octanol–water partition coefficient (Wildman–Crippen LogP) is 3.54. The fourth-order valence-electron chi connectivity index (χ4n) is 2.91. The predicted molar refractivity (Wildman–Crippen MR) is 102 cm³/mol. The average Bonchev–Trinajstić information content (AvgIpc) is 3.07. The van der Waals surface area contributed by atoms with Crippen molar-refractivity contribution in [2.45, 2.75) is 19.5 Å². The molecule has 7 heteroatoms. The fourth-order valence-corrected chi connectivity index (χ4v) is 2.91. The van der Waals surface area contributed by atoms with Crippen molar-refractivity contribution in [3.63, 3.8) is 0 Å². The van der Waals surface area contributed by atoms with E-state index in [4.69, 9.17) is 14.2 Å². The van der Waals surface area contributed by atoms with E-state index in [0.717, 1.165) is 28.4 Å². The summed E-state index contributed by atoms with van der Waals surface area (Å²) in [5, 5.41) is 2.77. The number of carbonyl (C=O) groups is 1. The minimum Gasteiger partial charge on any atom is -0.497 e. The summed E-state index contributed by atoms with van der Waals surface area (Å²) in [7, 11) is 2.96. The van der Waals surface area contributed by atoms with Gasteiger partial charge in [0.25, 0.3) is 0 Å². The summed E-state index contributed by atoms with van der Waals surface area (Å²) in [4.78, 5) is 16.2. The van der Waals surface area contributed by atoms with E-state index in [0.29, 0.717) is 13.2 Å². The maximum absolute atomic E-state index is 11.6. The maximum atomic E-state index is 11.6. The Labute approximate surface area is 157 Å². The number of fused-ring (bicyclic) bond motifs is 1. The summed E-state index contributed by atoms with van der Waals surface area (Å²) in [6.45, 7) is 2.91. The average molecular weight is 369 g/mol. The van der Waals surface area contributed by atoms with Crippen LogP contribution < -0.4 is 14.8 Å². The monoisotopic (exact) mass is 369 g/mol. The van der Waals surface area contributed by atoms with Gasteiger partial charge in [0, 0.05) is 6.07 Å². The zero-order valence-electron chi connectivity index (χ0n) is 15.6. The molecule has 0 unspecified atom stereocenters. The molecular weight excluding hydrogens is 346 g/mol. The number of benzene rings is 2. The molecule has 1 atom stereocenters. The zero-order chi connectivity index (χ0) is 19.2. The topological polar surface area (TPSA) is 74.6 Å². The lowest BCUT2D eigenvalue weighted by molar-refractivity contribution is 0.166. The number of aromatic nitrogens is 2. The molecule has 1 N–H and O–H groups in total. The Morgan fingerprint density at radius 2 is 1.93 bits per heavy atom. The molecule has 142 valence electrons. The van der Waals surface area contributed by atoms with Crippen molar-refractivity contribution < 1.29 is 19.0 Å². The molecule has 3 rings (SSSR count). The number of nitrogens with one attached hydrogen (secondary N) is 1. The highest BCUT2D eigenvalue weighted by molar-refractivity contribution is 5.76. The third kappa shape index (κ3) is 4.31. The van der Waals surface area contributed by atoms with Gasteiger partial charge in [-0.2, -0.15) is 0 Å². The van der Waals surface area contributed by atoms with E-state index in [1.54, 1.807) is 7.11 Å². The van der Waals surface area contributed by atoms with Crippen LogP contribution >= 0.6 is 0 Å². The fraction of sp³-hybridized carbons (Fsp3) is 0.300. The molecule has 27 heavy (non-hydrogen) atoms. The largest absolute Gasteiger partial charge is 0.497 e. The van der Waals surface area contributed by atoms with E-state index in [1.165, 1.54) is 7.11 Å². The van der Waals surface area contributed by atoms with Crippen molar-refractivity contribution in [3.8, 4) is 11.5 Å². The highest BCUT2D eigenvalue weighted by Gasteiger charge is 2.18. The first kappa shape index (κ1) is 18.6. The highest BCUT2D eigenvalue weighted by atomic mass is 16.5. The van der Waals surface area contributed by atoms with E-state index in [2.05, 4.69) is 14.9 Å². The Hall–Kier alpha value is -3.22. The van der Waals surface area contributed by atoms with E-state index in [9.17, 15) is 4.79 Å². The molecule has 7 nitrogen and oxygen atoms in total. The first-order valence-electron chi connectivity index (χ1n) is 8.69. The van der Waals surface area contributed by atoms with Crippen molar-refractivity contribution in [2.24, 2.45) is 0 Å². The SMILES string of the molecule is COC(=O)N[C@@H](C)c1nc2ccccc2n1CCOc1cccc(OC)c1. The summed E-state index contributed by atoms with van der Waals surface area (Å²) in [6, 6.07) is 15.0. The molecule has 0 saturated heterocycles. The third-order valence-electron chi connectivity index (χ3n) is 4.22. The lowest BCUT2D eigenvalue weighted by atomic mass is 10.3. The molecule has 1 heterocycles. The first-order valence-corrected chi connectivity index (χ1v) is 8.69. The maximum Gasteiger partial charge on any atom is 0.407 e. The number of methoxy groups -OCH3 is 2. The number of nitrogens with zero attached hydrogens (tertiary/aromatic N) is 2. The van der Waals surface area contributed by atoms with Gasteiger partial charge in [0.15, 0.2) is 0 Å². The van der Waals surface area contributed by atoms with Gasteiger partial charge in [-0.15, -0.1) is 0 Å². The van der Waals surface area contributed by atoms with Crippen LogP contribution in [0.1, 0.15) is 18.8 Å². The van der Waals surface area contributed by atoms with Crippen LogP contribution in [0.2, 0.25) is 0 Å². The van der Waals surface area contributed by atoms with Crippen LogP contribution in [-0.2, 0) is 11.3 Å². The van der Waals surface area contributed by atoms with Crippen molar-refractivity contribution in [1.82, 2.24) is 14.9 Å². The van der Waals surface area contributed by atoms with Crippen LogP contribution in [0.15, 0.2) is 48.5 Å². The standard InChI is InChI=1S/C20H23N3O4/c1-14(21-20(24)26-3)19-22-17-9-4-5-10-18(17)23(19)11-12-27-16-8-6-7-15(13-16)25-2/h4-10,13-14H,11-12H2,1-3H3,(H,21,24)/t14-/m0/s1. The summed E-state index contributed by atoms with van der Waals surface area (Å²) >= 11 is 0. The Morgan fingerprint density at radius 1 is 1.15 bits per heavy atom. The molecule has 0 aliphatic heterocycles. The van der Waals surface area contributed by atoms with Gasteiger partial charge in [0.05, 0.1) is 37.8 Å². The number of para-hydroxylation sites is 2. The van der Waals surface area contributed by atoms with Crippen molar-refractivity contribution in [1.29, 1.82) is 0 Å². The number of hydrogen-bond donors (Lipinski definition) is 1. The first-order chi connectivity index (χ1) is 13.1. The van der Waals surface area contributed by atoms with Gasteiger partial charge in [-0.05, 0) is 31.2 Å². The molecule has 0 spiro atoms. The highest BCUT2D eigenvalue weighted by Crippen LogP contribution is 2.22. The van der Waals surface area contributed by atoms with Crippen LogP contribution in [0.4, 0.5) is 4.79 Å². The van der Waals surface area contributed by atoms with Crippen LogP contribution in [0, 0.1) is 0 Å². The van der Waals surface area contributed by atoms with E-state index in [1.807, 2.05) is 55.5 Å². The van der Waals surface area contributed by atoms with Gasteiger partial charge in [-0.1, -0.05) is 18.2 Å². The van der Waals surface area contributed by atoms with Gasteiger partial charge in [-0.3, -0.25) is 0 Å². The summed E-state index contributed by atoms with van der Waals surface area (Å²) in [5.74, 6) is 2.23. The Kier molecular flexibility index (Phi) is 5.80. The minimum atomic E-state index is -0.492. The molecule has 1 aromatic heterocycles. The third-order valence-corrected chi connectivity index (χ3v) is 4.22. The molecule has 0 fully saturated rings. The van der Waals surface area contributed by atoms with Crippen LogP contribution in [0.3, 0.4) is 0 Å². The number of hydrogen-bond acceptors (Lipinski definition) is 5. The summed E-state index contributed by atoms with van der Waals surface area (Å²) in [6.07, 6.45) is -0.492. The second kappa shape index (κ2) is 8.44. The summed E-state index contributed by atoms with van der Waals surface area (Å²) in [5.41, 5.74) is 1.85. The normalized spacial score (nSPS) is 11.8. The molecule has 0 radical (unpaired) electrons. The number of amides is 1.